The van der Waals surface area contributed by atoms with Crippen molar-refractivity contribution < 1.29 is 19.4 Å². The molecule has 244 valence electrons. The third-order valence-electron chi connectivity index (χ3n) is 14.3. The Morgan fingerprint density at radius 3 is 2.71 bits per heavy atom. The monoisotopic (exact) mass is 613 g/mol. The highest BCUT2D eigenvalue weighted by atomic mass is 16.5. The van der Waals surface area contributed by atoms with Gasteiger partial charge in [-0.3, -0.25) is 4.79 Å². The predicted octanol–water partition coefficient (Wildman–Crippen LogP) is 8.20. The van der Waals surface area contributed by atoms with Crippen LogP contribution >= 0.6 is 0 Å². The number of aliphatic hydroxyl groups excluding tert-OH is 1. The molecule has 0 bridgehead atoms. The van der Waals surface area contributed by atoms with Gasteiger partial charge in [-0.25, -0.2) is 0 Å². The van der Waals surface area contributed by atoms with Crippen molar-refractivity contribution in [1.29, 1.82) is 0 Å². The number of carbonyl (C=O) groups excluding carboxylic acids is 1. The Hall–Kier alpha value is -2.11. The lowest BCUT2D eigenvalue weighted by Gasteiger charge is -2.60. The molecule has 8 rings (SSSR count). The van der Waals surface area contributed by atoms with Crippen LogP contribution in [0.15, 0.2) is 24.5 Å². The zero-order valence-corrected chi connectivity index (χ0v) is 27.9. The van der Waals surface area contributed by atoms with Gasteiger partial charge >= 0.3 is 0 Å². The molecule has 1 aromatic rings. The molecular weight excluding hydrogens is 558 g/mol. The number of hydrogen-bond donors (Lipinski definition) is 1. The first kappa shape index (κ1) is 30.2. The maximum absolute atomic E-state index is 13.2. The average Bonchev–Trinajstić information content (AvgIpc) is 3.37. The fraction of sp³-hybridized carbons (Fsp3) is 0.725. The predicted molar refractivity (Wildman–Crippen MR) is 179 cm³/mol. The van der Waals surface area contributed by atoms with E-state index in [1.807, 2.05) is 0 Å². The van der Waals surface area contributed by atoms with Crippen molar-refractivity contribution in [1.82, 2.24) is 0 Å². The van der Waals surface area contributed by atoms with Crippen molar-refractivity contribution in [3.63, 3.8) is 0 Å². The summed E-state index contributed by atoms with van der Waals surface area (Å²) in [6.45, 7) is 11.8. The maximum Gasteiger partial charge on any atom is 0.158 e. The quantitative estimate of drug-likeness (QED) is 0.336. The van der Waals surface area contributed by atoms with Gasteiger partial charge < -0.3 is 19.5 Å². The van der Waals surface area contributed by atoms with Crippen LogP contribution in [0.4, 0.5) is 5.69 Å². The second-order valence-electron chi connectivity index (χ2n) is 16.6. The fourth-order valence-corrected chi connectivity index (χ4v) is 12.0. The lowest BCUT2D eigenvalue weighted by atomic mass is 9.45. The number of aliphatic hydroxyl groups is 1. The van der Waals surface area contributed by atoms with E-state index in [0.717, 1.165) is 87.3 Å². The number of ketones is 1. The first-order chi connectivity index (χ1) is 21.7. The highest BCUT2D eigenvalue weighted by Gasteiger charge is 2.60. The third-order valence-corrected chi connectivity index (χ3v) is 14.3. The number of fused-ring (bicyclic) bond motifs is 7. The van der Waals surface area contributed by atoms with Crippen molar-refractivity contribution in [3.05, 3.63) is 41.2 Å². The lowest BCUT2D eigenvalue weighted by molar-refractivity contribution is -0.146. The number of ether oxygens (including phenoxy) is 2. The molecule has 5 nitrogen and oxygen atoms in total. The molecule has 45 heavy (non-hydrogen) atoms. The van der Waals surface area contributed by atoms with Gasteiger partial charge in [-0.05, 0) is 154 Å². The van der Waals surface area contributed by atoms with Gasteiger partial charge in [0.1, 0.15) is 18.1 Å². The largest absolute Gasteiger partial charge is 0.457 e. The van der Waals surface area contributed by atoms with E-state index in [1.54, 1.807) is 0 Å². The normalized spacial score (nSPS) is 38.2. The summed E-state index contributed by atoms with van der Waals surface area (Å²) >= 11 is 0. The Bertz CT molecular complexity index is 1390. The molecule has 5 heteroatoms. The van der Waals surface area contributed by atoms with Gasteiger partial charge in [-0.2, -0.15) is 0 Å². The zero-order chi connectivity index (χ0) is 30.9. The van der Waals surface area contributed by atoms with Crippen molar-refractivity contribution in [2.75, 3.05) is 24.6 Å². The van der Waals surface area contributed by atoms with Crippen LogP contribution in [-0.2, 0) is 22.4 Å². The Kier molecular flexibility index (Phi) is 7.76. The van der Waals surface area contributed by atoms with Crippen LogP contribution in [0.5, 0.6) is 5.75 Å². The molecule has 0 amide bonds. The fourth-order valence-electron chi connectivity index (χ4n) is 12.0. The molecule has 1 N–H and O–H groups in total. The van der Waals surface area contributed by atoms with E-state index in [4.69, 9.17) is 9.47 Å². The first-order valence-corrected chi connectivity index (χ1v) is 18.6. The minimum atomic E-state index is -0.0808. The molecule has 4 saturated carbocycles. The van der Waals surface area contributed by atoms with Crippen LogP contribution in [0.1, 0.15) is 120 Å². The summed E-state index contributed by atoms with van der Waals surface area (Å²) in [5.41, 5.74) is 7.39. The number of Topliss-reactive ketones (excluding diaryl/α,β-unsaturated/α-hetero) is 1. The Morgan fingerprint density at radius 1 is 1.04 bits per heavy atom. The zero-order valence-electron chi connectivity index (χ0n) is 27.9. The molecule has 0 saturated heterocycles. The van der Waals surface area contributed by atoms with Gasteiger partial charge in [0.05, 0.1) is 12.2 Å². The highest BCUT2D eigenvalue weighted by Crippen LogP contribution is 2.66. The van der Waals surface area contributed by atoms with Gasteiger partial charge in [0, 0.05) is 36.3 Å². The van der Waals surface area contributed by atoms with Gasteiger partial charge in [-0.1, -0.05) is 20.4 Å². The molecule has 0 radical (unpaired) electrons. The Morgan fingerprint density at radius 2 is 1.84 bits per heavy atom. The summed E-state index contributed by atoms with van der Waals surface area (Å²) in [5, 5.41) is 10.4. The van der Waals surface area contributed by atoms with Crippen LogP contribution in [0, 0.1) is 34.5 Å². The molecule has 3 heterocycles. The molecule has 1 aromatic carbocycles. The molecule has 0 aromatic heterocycles. The number of benzene rings is 1. The van der Waals surface area contributed by atoms with Crippen LogP contribution in [-0.4, -0.2) is 42.8 Å². The number of allylic oxidation sites excluding steroid dienone is 2. The van der Waals surface area contributed by atoms with E-state index in [0.29, 0.717) is 17.8 Å². The van der Waals surface area contributed by atoms with Gasteiger partial charge in [0.25, 0.3) is 0 Å². The second-order valence-corrected chi connectivity index (χ2v) is 16.6. The van der Waals surface area contributed by atoms with Crippen molar-refractivity contribution in [3.8, 4) is 5.75 Å². The van der Waals surface area contributed by atoms with Crippen molar-refractivity contribution in [2.45, 2.75) is 129 Å². The maximum atomic E-state index is 13.2. The van der Waals surface area contributed by atoms with Crippen molar-refractivity contribution >= 4 is 17.0 Å². The number of carbonyl (C=O) groups is 1. The minimum Gasteiger partial charge on any atom is -0.457 e. The standard InChI is InChI=1S/C40H55NO4/c1-25-21-26(33-22-27-8-5-19-41-20-6-10-32(37(27)41)38(33)45-25)7-4-9-30(43)24-44-36-14-13-34-31-12-11-28-23-29(42)15-17-39(28,2)35(31)16-18-40(34,36)3/h21-22,28-29,31,34-36,42H,1,4-20,23-24H2,2-3H3/t28-,29+,31-,34-,35-,36-,39-,40-/m0/s1. The SMILES string of the molecule is C=C1C=C(CCCC(=O)CO[C@H]2CC[C@H]3[C@@H]4CC[C@H]5C[C@H](O)CC[C@]5(C)[C@H]4CC[C@]23C)c2cc3c4c(c2O1)CCCN4CCC3. The van der Waals surface area contributed by atoms with Gasteiger partial charge in [-0.15, -0.1) is 0 Å². The molecular formula is C40H55NO4. The number of nitrogens with zero attached hydrogens (tertiary/aromatic N) is 1. The number of aryl methyl sites for hydroxylation is 1. The van der Waals surface area contributed by atoms with E-state index in [2.05, 4.69) is 37.5 Å². The second kappa shape index (κ2) is 11.5. The van der Waals surface area contributed by atoms with Gasteiger partial charge in [0.2, 0.25) is 0 Å². The molecule has 0 unspecified atom stereocenters. The number of hydrogen-bond acceptors (Lipinski definition) is 5. The smallest absolute Gasteiger partial charge is 0.158 e. The first-order valence-electron chi connectivity index (χ1n) is 18.6. The lowest BCUT2D eigenvalue weighted by Crippen LogP contribution is -2.54. The molecule has 4 fully saturated rings. The van der Waals surface area contributed by atoms with E-state index < -0.39 is 0 Å². The number of anilines is 1. The number of rotatable bonds is 7. The van der Waals surface area contributed by atoms with Crippen LogP contribution in [0.2, 0.25) is 0 Å². The van der Waals surface area contributed by atoms with Crippen LogP contribution in [0.3, 0.4) is 0 Å². The molecule has 0 spiro atoms. The minimum absolute atomic E-state index is 0.0808. The van der Waals surface area contributed by atoms with Gasteiger partial charge in [0.15, 0.2) is 5.78 Å². The summed E-state index contributed by atoms with van der Waals surface area (Å²) < 4.78 is 12.8. The van der Waals surface area contributed by atoms with Crippen LogP contribution in [0.25, 0.3) is 5.57 Å². The Labute approximate surface area is 270 Å². The van der Waals surface area contributed by atoms with E-state index in [1.165, 1.54) is 79.3 Å². The average molecular weight is 614 g/mol. The summed E-state index contributed by atoms with van der Waals surface area (Å²) in [5.74, 6) is 5.00. The Balaban J connectivity index is 0.875. The van der Waals surface area contributed by atoms with Crippen LogP contribution < -0.4 is 9.64 Å². The highest BCUT2D eigenvalue weighted by molar-refractivity contribution is 5.83. The third kappa shape index (κ3) is 5.05. The van der Waals surface area contributed by atoms with E-state index in [-0.39, 0.29) is 30.0 Å². The van der Waals surface area contributed by atoms with Crippen molar-refractivity contribution in [2.24, 2.45) is 34.5 Å². The van der Waals surface area contributed by atoms with E-state index >= 15 is 0 Å². The summed E-state index contributed by atoms with van der Waals surface area (Å²) in [7, 11) is 0. The molecule has 4 aliphatic carbocycles. The molecule has 3 aliphatic heterocycles. The summed E-state index contributed by atoms with van der Waals surface area (Å²) in [6, 6.07) is 2.38. The summed E-state index contributed by atoms with van der Waals surface area (Å²) in [4.78, 5) is 15.8. The molecule has 7 aliphatic rings. The topological polar surface area (TPSA) is 59.0 Å². The summed E-state index contributed by atoms with van der Waals surface area (Å²) in [6.07, 6.45) is 19.8. The molecule has 8 atom stereocenters. The van der Waals surface area contributed by atoms with E-state index in [9.17, 15) is 9.90 Å².